The SMILES string of the molecule is COc1ccc(COC(=O)c2nc(N3CCCc4c3nnc(Nc3nc5ccccc5s3)c4C)ccc2-c2cnn(CC34CC5(C)CC(C)(C3)CC(OCCOS(=O)(=O)c3ccc(C)cc3)(C5)C4)c2C)cc1. The van der Waals surface area contributed by atoms with Crippen molar-refractivity contribution in [3.63, 3.8) is 0 Å². The summed E-state index contributed by atoms with van der Waals surface area (Å²) in [7, 11) is -2.29. The number of esters is 1. The summed E-state index contributed by atoms with van der Waals surface area (Å²) < 4.78 is 52.9. The van der Waals surface area contributed by atoms with E-state index in [1.54, 1.807) is 42.7 Å². The summed E-state index contributed by atoms with van der Waals surface area (Å²) in [4.78, 5) is 26.5. The molecule has 1 aliphatic heterocycles. The predicted octanol–water partition coefficient (Wildman–Crippen LogP) is 11.0. The van der Waals surface area contributed by atoms with Crippen LogP contribution in [0.25, 0.3) is 21.3 Å². The number of nitrogens with zero attached hydrogens (tertiary/aromatic N) is 7. The number of ether oxygens (including phenoxy) is 3. The molecule has 12 rings (SSSR count). The van der Waals surface area contributed by atoms with Gasteiger partial charge in [-0.2, -0.15) is 13.5 Å². The molecule has 2 atom stereocenters. The number of aryl methyl sites for hydroxylation is 1. The van der Waals surface area contributed by atoms with Crippen LogP contribution in [0.15, 0.2) is 96.0 Å². The molecule has 374 valence electrons. The number of thiazole rings is 1. The van der Waals surface area contributed by atoms with E-state index in [1.807, 2.05) is 72.6 Å². The third kappa shape index (κ3) is 9.24. The van der Waals surface area contributed by atoms with Gasteiger partial charge < -0.3 is 24.4 Å². The quantitative estimate of drug-likeness (QED) is 0.0550. The highest BCUT2D eigenvalue weighted by atomic mass is 32.2. The summed E-state index contributed by atoms with van der Waals surface area (Å²) in [5.41, 5.74) is 6.86. The fourth-order valence-corrected chi connectivity index (χ4v) is 15.1. The van der Waals surface area contributed by atoms with Crippen molar-refractivity contribution in [2.24, 2.45) is 16.2 Å². The van der Waals surface area contributed by atoms with Crippen molar-refractivity contribution in [2.75, 3.05) is 37.1 Å². The topological polar surface area (TPSA) is 173 Å². The largest absolute Gasteiger partial charge is 0.497 e. The molecule has 17 heteroatoms. The summed E-state index contributed by atoms with van der Waals surface area (Å²) in [6, 6.07) is 26.1. The van der Waals surface area contributed by atoms with Crippen LogP contribution in [0.1, 0.15) is 97.2 Å². The number of para-hydroxylation sites is 1. The number of carbonyl (C=O) groups is 1. The third-order valence-electron chi connectivity index (χ3n) is 15.4. The standard InChI is InChI=1S/C55H60N8O7S2/c1-35-13-19-40(20-14-35)72(65,66)70-25-24-69-55-31-52(4)28-53(5,32-55)30-54(29-52,33-55)34-63-37(3)43(26-56-63)42-21-22-46(58-47(42)50(64)68-27-38-15-17-39(67-6)18-16-38)62-23-9-10-41-36(2)48(60-61-49(41)62)59-51-57-44-11-7-8-12-45(44)71-51/h7-8,11-22,26H,9-10,23-25,27-34H2,1-6H3,(H,57,59,60). The van der Waals surface area contributed by atoms with Crippen LogP contribution < -0.4 is 15.0 Å². The highest BCUT2D eigenvalue weighted by Crippen LogP contribution is 2.72. The number of hydrogen-bond acceptors (Lipinski definition) is 15. The first kappa shape index (κ1) is 48.0. The van der Waals surface area contributed by atoms with Gasteiger partial charge in [0.2, 0.25) is 0 Å². The lowest BCUT2D eigenvalue weighted by Crippen LogP contribution is -2.64. The molecule has 0 saturated heterocycles. The van der Waals surface area contributed by atoms with Gasteiger partial charge in [0, 0.05) is 41.0 Å². The molecule has 72 heavy (non-hydrogen) atoms. The van der Waals surface area contributed by atoms with Gasteiger partial charge in [0.15, 0.2) is 22.5 Å². The Bertz CT molecular complexity index is 3270. The molecular weight excluding hydrogens is 949 g/mol. The van der Waals surface area contributed by atoms with Crippen molar-refractivity contribution in [2.45, 2.75) is 110 Å². The monoisotopic (exact) mass is 1010 g/mol. The normalized spacial score (nSPS) is 23.3. The number of anilines is 4. The molecule has 4 fully saturated rings. The fourth-order valence-electron chi connectivity index (χ4n) is 13.4. The zero-order valence-electron chi connectivity index (χ0n) is 41.7. The van der Waals surface area contributed by atoms with Gasteiger partial charge in [-0.1, -0.05) is 67.1 Å². The van der Waals surface area contributed by atoms with E-state index in [0.29, 0.717) is 41.9 Å². The number of methoxy groups -OCH3 is 1. The smallest absolute Gasteiger partial charge is 0.358 e. The number of hydrogen-bond donors (Lipinski definition) is 1. The van der Waals surface area contributed by atoms with E-state index < -0.39 is 21.7 Å². The molecule has 4 bridgehead atoms. The number of benzene rings is 3. The van der Waals surface area contributed by atoms with Gasteiger partial charge >= 0.3 is 5.97 Å². The summed E-state index contributed by atoms with van der Waals surface area (Å²) in [6.45, 7) is 12.3. The Morgan fingerprint density at radius 1 is 0.833 bits per heavy atom. The van der Waals surface area contributed by atoms with Gasteiger partial charge in [0.1, 0.15) is 18.2 Å². The van der Waals surface area contributed by atoms with E-state index in [2.05, 4.69) is 48.9 Å². The summed E-state index contributed by atoms with van der Waals surface area (Å²) in [6.07, 6.45) is 9.36. The molecule has 4 aromatic heterocycles. The Morgan fingerprint density at radius 2 is 1.60 bits per heavy atom. The molecule has 0 amide bonds. The van der Waals surface area contributed by atoms with E-state index in [0.717, 1.165) is 100 Å². The van der Waals surface area contributed by atoms with Crippen molar-refractivity contribution in [3.8, 4) is 16.9 Å². The molecule has 4 aliphatic carbocycles. The Morgan fingerprint density at radius 3 is 2.35 bits per heavy atom. The molecule has 2 unspecified atom stereocenters. The van der Waals surface area contributed by atoms with Crippen molar-refractivity contribution < 1.29 is 31.6 Å². The second-order valence-corrected chi connectivity index (χ2v) is 24.1. The molecule has 1 N–H and O–H groups in total. The highest BCUT2D eigenvalue weighted by Gasteiger charge is 2.66. The van der Waals surface area contributed by atoms with Crippen LogP contribution in [-0.2, 0) is 43.3 Å². The van der Waals surface area contributed by atoms with Crippen LogP contribution in [0.5, 0.6) is 5.75 Å². The second kappa shape index (κ2) is 18.3. The average Bonchev–Trinajstić information content (AvgIpc) is 3.93. The van der Waals surface area contributed by atoms with Crippen LogP contribution in [0.4, 0.5) is 22.6 Å². The molecule has 3 aromatic carbocycles. The Balaban J connectivity index is 0.867. The van der Waals surface area contributed by atoms with Crippen molar-refractivity contribution in [1.82, 2.24) is 29.9 Å². The van der Waals surface area contributed by atoms with Crippen molar-refractivity contribution in [3.05, 3.63) is 125 Å². The van der Waals surface area contributed by atoms with Crippen LogP contribution in [-0.4, -0.2) is 76.8 Å². The fraction of sp³-hybridized carbons (Fsp3) is 0.418. The number of rotatable bonds is 16. The number of nitrogens with one attached hydrogen (secondary N) is 1. The van der Waals surface area contributed by atoms with Gasteiger partial charge in [-0.15, -0.1) is 10.2 Å². The van der Waals surface area contributed by atoms with Gasteiger partial charge in [-0.3, -0.25) is 8.86 Å². The van der Waals surface area contributed by atoms with Crippen LogP contribution >= 0.6 is 11.3 Å². The van der Waals surface area contributed by atoms with Crippen molar-refractivity contribution in [1.29, 1.82) is 0 Å². The minimum absolute atomic E-state index is 0.0482. The molecule has 7 aromatic rings. The maximum atomic E-state index is 14.5. The number of carbonyl (C=O) groups excluding carboxylic acids is 1. The Kier molecular flexibility index (Phi) is 12.2. The number of aromatic nitrogens is 6. The summed E-state index contributed by atoms with van der Waals surface area (Å²) >= 11 is 1.57. The van der Waals surface area contributed by atoms with Crippen LogP contribution in [0.3, 0.4) is 0 Å². The second-order valence-electron chi connectivity index (χ2n) is 21.4. The lowest BCUT2D eigenvalue weighted by molar-refractivity contribution is -0.249. The summed E-state index contributed by atoms with van der Waals surface area (Å²) in [5, 5.41) is 18.6. The Hall–Kier alpha value is -6.27. The molecule has 0 spiro atoms. The molecular formula is C55H60N8O7S2. The molecule has 0 radical (unpaired) electrons. The Labute approximate surface area is 424 Å². The average molecular weight is 1010 g/mol. The molecule has 5 heterocycles. The van der Waals surface area contributed by atoms with Gasteiger partial charge in [0.05, 0.1) is 47.2 Å². The first-order valence-corrected chi connectivity index (χ1v) is 27.0. The maximum absolute atomic E-state index is 14.5. The molecule has 15 nitrogen and oxygen atoms in total. The van der Waals surface area contributed by atoms with Crippen LogP contribution in [0, 0.1) is 37.0 Å². The first-order valence-electron chi connectivity index (χ1n) is 24.7. The predicted molar refractivity (Wildman–Crippen MR) is 277 cm³/mol. The van der Waals surface area contributed by atoms with Crippen LogP contribution in [0.2, 0.25) is 0 Å². The first-order chi connectivity index (χ1) is 34.5. The van der Waals surface area contributed by atoms with Crippen molar-refractivity contribution >= 4 is 60.2 Å². The van der Waals surface area contributed by atoms with E-state index in [-0.39, 0.29) is 46.7 Å². The summed E-state index contributed by atoms with van der Waals surface area (Å²) in [5.74, 6) is 2.09. The number of fused-ring (bicyclic) bond motifs is 2. The maximum Gasteiger partial charge on any atom is 0.358 e. The zero-order valence-corrected chi connectivity index (χ0v) is 43.3. The van der Waals surface area contributed by atoms with Gasteiger partial charge in [-0.05, 0) is 142 Å². The molecule has 5 aliphatic rings. The minimum atomic E-state index is -3.91. The van der Waals surface area contributed by atoms with E-state index in [1.165, 1.54) is 0 Å². The lowest BCUT2D eigenvalue weighted by Gasteiger charge is -2.69. The van der Waals surface area contributed by atoms with E-state index in [4.69, 9.17) is 38.6 Å². The zero-order chi connectivity index (χ0) is 50.0. The lowest BCUT2D eigenvalue weighted by atomic mass is 9.39. The minimum Gasteiger partial charge on any atom is -0.497 e. The molecule has 4 saturated carbocycles. The van der Waals surface area contributed by atoms with Gasteiger partial charge in [0.25, 0.3) is 10.1 Å². The number of pyridine rings is 1. The van der Waals surface area contributed by atoms with E-state index in [9.17, 15) is 13.2 Å². The highest BCUT2D eigenvalue weighted by molar-refractivity contribution is 7.86. The van der Waals surface area contributed by atoms with E-state index >= 15 is 0 Å². The third-order valence-corrected chi connectivity index (χ3v) is 17.6. The van der Waals surface area contributed by atoms with Gasteiger partial charge in [-0.25, -0.2) is 14.8 Å².